The summed E-state index contributed by atoms with van der Waals surface area (Å²) >= 11 is 7.30. The number of halogens is 5. The molecule has 0 atom stereocenters. The molecule has 8 nitrogen and oxygen atoms in total. The molecule has 0 unspecified atom stereocenters. The Bertz CT molecular complexity index is 1450. The zero-order chi connectivity index (χ0) is 25.2. The largest absolute Gasteiger partial charge is 0.573 e. The van der Waals surface area contributed by atoms with Gasteiger partial charge in [-0.3, -0.25) is 4.72 Å². The van der Waals surface area contributed by atoms with Gasteiger partial charge < -0.3 is 9.47 Å². The average Bonchev–Trinajstić information content (AvgIpc) is 3.28. The number of rotatable bonds is 7. The second kappa shape index (κ2) is 9.64. The van der Waals surface area contributed by atoms with Crippen molar-refractivity contribution in [1.82, 2.24) is 15.2 Å². The maximum Gasteiger partial charge on any atom is 0.573 e. The second-order valence-electron chi connectivity index (χ2n) is 6.63. The van der Waals surface area contributed by atoms with Crippen LogP contribution in [0, 0.1) is 5.82 Å². The SMILES string of the molecule is O=S(=O)(Nc1cscn1)c1cc(Cl)c(Oc2ccc(OC(F)(F)F)cc2-c2ccnnc2)cc1F. The molecule has 2 aromatic carbocycles. The van der Waals surface area contributed by atoms with E-state index in [-0.39, 0.29) is 27.9 Å². The Hall–Kier alpha value is -3.49. The molecule has 182 valence electrons. The lowest BCUT2D eigenvalue weighted by atomic mass is 10.1. The minimum atomic E-state index is -4.93. The van der Waals surface area contributed by atoms with Crippen LogP contribution in [0.4, 0.5) is 23.4 Å². The molecule has 0 bridgehead atoms. The lowest BCUT2D eigenvalue weighted by Crippen LogP contribution is -2.17. The second-order valence-corrected chi connectivity index (χ2v) is 9.41. The lowest BCUT2D eigenvalue weighted by molar-refractivity contribution is -0.274. The molecule has 4 rings (SSSR count). The third-order valence-electron chi connectivity index (χ3n) is 4.25. The number of ether oxygens (including phenoxy) is 2. The van der Waals surface area contributed by atoms with Gasteiger partial charge in [0.15, 0.2) is 5.82 Å². The van der Waals surface area contributed by atoms with Crippen LogP contribution in [0.3, 0.4) is 0 Å². The first-order chi connectivity index (χ1) is 16.5. The maximum absolute atomic E-state index is 14.8. The van der Waals surface area contributed by atoms with Crippen LogP contribution in [0.1, 0.15) is 0 Å². The molecular weight excluding hydrogens is 536 g/mol. The van der Waals surface area contributed by atoms with Gasteiger partial charge in [-0.1, -0.05) is 11.6 Å². The van der Waals surface area contributed by atoms with Crippen LogP contribution < -0.4 is 14.2 Å². The summed E-state index contributed by atoms with van der Waals surface area (Å²) in [6, 6.07) is 6.22. The van der Waals surface area contributed by atoms with E-state index in [2.05, 4.69) is 24.6 Å². The van der Waals surface area contributed by atoms with Crippen molar-refractivity contribution in [2.24, 2.45) is 0 Å². The summed E-state index contributed by atoms with van der Waals surface area (Å²) in [6.07, 6.45) is -2.36. The number of thiazole rings is 1. The van der Waals surface area contributed by atoms with Gasteiger partial charge in [0.1, 0.15) is 28.0 Å². The van der Waals surface area contributed by atoms with Crippen molar-refractivity contribution in [3.8, 4) is 28.4 Å². The minimum absolute atomic E-state index is 0.00242. The monoisotopic (exact) mass is 546 g/mol. The zero-order valence-electron chi connectivity index (χ0n) is 17.0. The molecule has 15 heteroatoms. The Morgan fingerprint density at radius 1 is 1.06 bits per heavy atom. The van der Waals surface area contributed by atoms with E-state index in [1.54, 1.807) is 0 Å². The van der Waals surface area contributed by atoms with Crippen molar-refractivity contribution in [3.63, 3.8) is 0 Å². The van der Waals surface area contributed by atoms with Gasteiger partial charge in [0, 0.05) is 22.6 Å². The van der Waals surface area contributed by atoms with Crippen molar-refractivity contribution in [2.45, 2.75) is 11.3 Å². The van der Waals surface area contributed by atoms with Gasteiger partial charge in [0.2, 0.25) is 0 Å². The predicted molar refractivity (Wildman–Crippen MR) is 119 cm³/mol. The first-order valence-electron chi connectivity index (χ1n) is 9.26. The summed E-state index contributed by atoms with van der Waals surface area (Å²) < 4.78 is 89.6. The number of sulfonamides is 1. The van der Waals surface area contributed by atoms with E-state index in [0.717, 1.165) is 41.7 Å². The first-order valence-corrected chi connectivity index (χ1v) is 12.1. The standard InChI is InChI=1S/C20H11ClF4N4O4S2/c21-14-6-18(35(30,31)29-19-9-34-10-26-19)15(22)7-17(14)32-16-2-1-12(33-20(23,24)25)5-13(16)11-3-4-27-28-8-11/h1-10,29H. The Morgan fingerprint density at radius 2 is 1.86 bits per heavy atom. The van der Waals surface area contributed by atoms with Gasteiger partial charge in [0.05, 0.1) is 22.9 Å². The topological polar surface area (TPSA) is 103 Å². The molecule has 0 spiro atoms. The highest BCUT2D eigenvalue weighted by atomic mass is 35.5. The molecule has 4 aromatic rings. The predicted octanol–water partition coefficient (Wildman–Crippen LogP) is 5.88. The molecule has 1 N–H and O–H groups in total. The van der Waals surface area contributed by atoms with Crippen LogP contribution in [0.5, 0.6) is 17.2 Å². The average molecular weight is 547 g/mol. The molecule has 0 radical (unpaired) electrons. The van der Waals surface area contributed by atoms with Gasteiger partial charge in [-0.2, -0.15) is 10.2 Å². The number of aromatic nitrogens is 3. The number of benzene rings is 2. The summed E-state index contributed by atoms with van der Waals surface area (Å²) in [5.41, 5.74) is 1.80. The highest BCUT2D eigenvalue weighted by Gasteiger charge is 2.31. The third kappa shape index (κ3) is 5.96. The molecule has 2 heterocycles. The highest BCUT2D eigenvalue weighted by molar-refractivity contribution is 7.92. The van der Waals surface area contributed by atoms with E-state index >= 15 is 0 Å². The van der Waals surface area contributed by atoms with Gasteiger partial charge in [-0.25, -0.2) is 17.8 Å². The van der Waals surface area contributed by atoms with Crippen molar-refractivity contribution in [1.29, 1.82) is 0 Å². The molecule has 35 heavy (non-hydrogen) atoms. The van der Waals surface area contributed by atoms with E-state index < -0.39 is 32.8 Å². The molecule has 0 aliphatic carbocycles. The number of hydrogen-bond donors (Lipinski definition) is 1. The Labute approximate surface area is 204 Å². The summed E-state index contributed by atoms with van der Waals surface area (Å²) in [7, 11) is -4.36. The van der Waals surface area contributed by atoms with Crippen LogP contribution in [-0.2, 0) is 10.0 Å². The van der Waals surface area contributed by atoms with Crippen LogP contribution in [0.25, 0.3) is 11.1 Å². The number of anilines is 1. The molecule has 0 saturated heterocycles. The summed E-state index contributed by atoms with van der Waals surface area (Å²) in [5, 5.41) is 8.43. The van der Waals surface area contributed by atoms with E-state index in [1.807, 2.05) is 0 Å². The molecule has 0 aliphatic heterocycles. The first kappa shape index (κ1) is 24.6. The van der Waals surface area contributed by atoms with Gasteiger partial charge in [-0.15, -0.1) is 24.5 Å². The normalized spacial score (nSPS) is 11.8. The maximum atomic E-state index is 14.8. The molecule has 0 saturated carbocycles. The van der Waals surface area contributed by atoms with Crippen LogP contribution in [-0.4, -0.2) is 30.0 Å². The fraction of sp³-hybridized carbons (Fsp3) is 0.0500. The van der Waals surface area contributed by atoms with Crippen molar-refractivity contribution < 1.29 is 35.5 Å². The third-order valence-corrected chi connectivity index (χ3v) is 6.50. The van der Waals surface area contributed by atoms with Crippen molar-refractivity contribution >= 4 is 38.8 Å². The molecule has 2 aromatic heterocycles. The van der Waals surface area contributed by atoms with Crippen LogP contribution >= 0.6 is 22.9 Å². The van der Waals surface area contributed by atoms with E-state index in [0.29, 0.717) is 5.56 Å². The number of hydrogen-bond acceptors (Lipinski definition) is 8. The summed E-state index contributed by atoms with van der Waals surface area (Å²) in [5.74, 6) is -2.04. The van der Waals surface area contributed by atoms with Crippen molar-refractivity contribution in [2.75, 3.05) is 4.72 Å². The molecule has 0 amide bonds. The van der Waals surface area contributed by atoms with Gasteiger partial charge in [0.25, 0.3) is 10.0 Å². The smallest absolute Gasteiger partial charge is 0.455 e. The van der Waals surface area contributed by atoms with E-state index in [9.17, 15) is 26.0 Å². The molecular formula is C20H11ClF4N4O4S2. The lowest BCUT2D eigenvalue weighted by Gasteiger charge is -2.16. The Kier molecular flexibility index (Phi) is 6.78. The number of nitrogens with one attached hydrogen (secondary N) is 1. The summed E-state index contributed by atoms with van der Waals surface area (Å²) in [4.78, 5) is 3.02. The van der Waals surface area contributed by atoms with Crippen LogP contribution in [0.2, 0.25) is 5.02 Å². The minimum Gasteiger partial charge on any atom is -0.455 e. The quantitative estimate of drug-likeness (QED) is 0.288. The van der Waals surface area contributed by atoms with Crippen LogP contribution in [0.15, 0.2) is 64.6 Å². The van der Waals surface area contributed by atoms with Gasteiger partial charge in [-0.05, 0) is 30.3 Å². The summed E-state index contributed by atoms with van der Waals surface area (Å²) in [6.45, 7) is 0. The fourth-order valence-corrected chi connectivity index (χ4v) is 4.75. The zero-order valence-corrected chi connectivity index (χ0v) is 19.3. The number of alkyl halides is 3. The fourth-order valence-electron chi connectivity index (χ4n) is 2.84. The van der Waals surface area contributed by atoms with E-state index in [1.165, 1.54) is 29.4 Å². The number of nitrogens with zero attached hydrogens (tertiary/aromatic N) is 3. The molecule has 0 aliphatic rings. The Balaban J connectivity index is 1.70. The van der Waals surface area contributed by atoms with Crippen molar-refractivity contribution in [3.05, 3.63) is 70.5 Å². The highest BCUT2D eigenvalue weighted by Crippen LogP contribution is 2.40. The van der Waals surface area contributed by atoms with Gasteiger partial charge >= 0.3 is 6.36 Å². The van der Waals surface area contributed by atoms with E-state index in [4.69, 9.17) is 16.3 Å². The Morgan fingerprint density at radius 3 is 2.51 bits per heavy atom. The molecule has 0 fully saturated rings.